The molecule has 0 aromatic heterocycles. The Bertz CT molecular complexity index is 974. The lowest BCUT2D eigenvalue weighted by atomic mass is 9.80. The molecule has 2 atom stereocenters. The van der Waals surface area contributed by atoms with Gasteiger partial charge in [0.1, 0.15) is 11.7 Å². The molecule has 3 aromatic rings. The van der Waals surface area contributed by atoms with Gasteiger partial charge in [-0.15, -0.1) is 0 Å². The molecule has 4 rings (SSSR count). The molecule has 0 bridgehead atoms. The number of aliphatic hydroxyl groups is 1. The molecule has 1 saturated heterocycles. The summed E-state index contributed by atoms with van der Waals surface area (Å²) in [4.78, 5) is 0. The Morgan fingerprint density at radius 1 is 0.966 bits per heavy atom. The minimum absolute atomic E-state index is 0.347. The van der Waals surface area contributed by atoms with Gasteiger partial charge in [0.05, 0.1) is 16.7 Å². The molecule has 0 spiro atoms. The standard InChI is InChI=1S/C24H23Cl2NO2/c25-21-11-10-17(14-22(21)26)20-9-5-4-6-18(20)15-24(28,19-7-2-1-3-8-19)23-16-27-12-13-29-23/h1-11,14,23,27-28H,12-13,15-16H2. The molecule has 1 fully saturated rings. The van der Waals surface area contributed by atoms with Crippen LogP contribution in [0.25, 0.3) is 11.1 Å². The second kappa shape index (κ2) is 8.86. The number of nitrogens with one attached hydrogen (secondary N) is 1. The van der Waals surface area contributed by atoms with Gasteiger partial charge in [-0.3, -0.25) is 0 Å². The highest BCUT2D eigenvalue weighted by Crippen LogP contribution is 2.36. The molecular formula is C24H23Cl2NO2. The van der Waals surface area contributed by atoms with E-state index in [1.54, 1.807) is 6.07 Å². The van der Waals surface area contributed by atoms with Crippen molar-refractivity contribution in [1.29, 1.82) is 0 Å². The van der Waals surface area contributed by atoms with Crippen molar-refractivity contribution < 1.29 is 9.84 Å². The summed E-state index contributed by atoms with van der Waals surface area (Å²) in [7, 11) is 0. The van der Waals surface area contributed by atoms with Crippen molar-refractivity contribution in [3.63, 3.8) is 0 Å². The summed E-state index contributed by atoms with van der Waals surface area (Å²) in [5.41, 5.74) is 2.68. The van der Waals surface area contributed by atoms with Crippen molar-refractivity contribution in [2.45, 2.75) is 18.1 Å². The lowest BCUT2D eigenvalue weighted by molar-refractivity contribution is -0.124. The van der Waals surface area contributed by atoms with Gasteiger partial charge in [-0.2, -0.15) is 0 Å². The Balaban J connectivity index is 1.76. The molecule has 150 valence electrons. The normalized spacial score (nSPS) is 18.9. The zero-order valence-electron chi connectivity index (χ0n) is 15.9. The van der Waals surface area contributed by atoms with E-state index in [2.05, 4.69) is 5.32 Å². The van der Waals surface area contributed by atoms with Crippen molar-refractivity contribution in [3.8, 4) is 11.1 Å². The van der Waals surface area contributed by atoms with Gasteiger partial charge in [-0.05, 0) is 34.4 Å². The topological polar surface area (TPSA) is 41.5 Å². The molecule has 0 amide bonds. The predicted octanol–water partition coefficient (Wildman–Crippen LogP) is 5.08. The van der Waals surface area contributed by atoms with E-state index < -0.39 is 5.60 Å². The van der Waals surface area contributed by atoms with Crippen molar-refractivity contribution in [2.75, 3.05) is 19.7 Å². The summed E-state index contributed by atoms with van der Waals surface area (Å²) in [5.74, 6) is 0. The van der Waals surface area contributed by atoms with Crippen LogP contribution in [0, 0.1) is 0 Å². The molecule has 0 saturated carbocycles. The number of morpholine rings is 1. The number of halogens is 2. The fourth-order valence-corrected chi connectivity index (χ4v) is 4.21. The molecular weight excluding hydrogens is 405 g/mol. The van der Waals surface area contributed by atoms with Crippen LogP contribution >= 0.6 is 23.2 Å². The average Bonchev–Trinajstić information content (AvgIpc) is 2.77. The highest BCUT2D eigenvalue weighted by molar-refractivity contribution is 6.42. The summed E-state index contributed by atoms with van der Waals surface area (Å²) >= 11 is 12.4. The molecule has 2 N–H and O–H groups in total. The Hall–Kier alpha value is -1.88. The second-order valence-electron chi connectivity index (χ2n) is 7.32. The van der Waals surface area contributed by atoms with Crippen molar-refractivity contribution >= 4 is 23.2 Å². The number of hydrogen-bond donors (Lipinski definition) is 2. The third kappa shape index (κ3) is 4.35. The Labute approximate surface area is 181 Å². The van der Waals surface area contributed by atoms with Gasteiger partial charge in [0.25, 0.3) is 0 Å². The van der Waals surface area contributed by atoms with E-state index in [0.29, 0.717) is 29.6 Å². The maximum Gasteiger partial charge on any atom is 0.121 e. The van der Waals surface area contributed by atoms with E-state index in [-0.39, 0.29) is 6.10 Å². The number of benzene rings is 3. The van der Waals surface area contributed by atoms with Crippen LogP contribution in [0.3, 0.4) is 0 Å². The highest BCUT2D eigenvalue weighted by Gasteiger charge is 2.40. The van der Waals surface area contributed by atoms with Gasteiger partial charge in [0.2, 0.25) is 0 Å². The third-order valence-electron chi connectivity index (χ3n) is 5.44. The molecule has 0 radical (unpaired) electrons. The lowest BCUT2D eigenvalue weighted by Crippen LogP contribution is -2.52. The SMILES string of the molecule is OC(Cc1ccccc1-c1ccc(Cl)c(Cl)c1)(c1ccccc1)C1CNCCO1. The molecule has 5 heteroatoms. The zero-order valence-corrected chi connectivity index (χ0v) is 17.5. The smallest absolute Gasteiger partial charge is 0.121 e. The first-order chi connectivity index (χ1) is 14.1. The van der Waals surface area contributed by atoms with Crippen molar-refractivity contribution in [2.24, 2.45) is 0 Å². The van der Waals surface area contributed by atoms with Crippen LogP contribution in [0.2, 0.25) is 10.0 Å². The summed E-state index contributed by atoms with van der Waals surface area (Å²) in [6.07, 6.45) is 0.0697. The Morgan fingerprint density at radius 2 is 1.72 bits per heavy atom. The van der Waals surface area contributed by atoms with E-state index in [9.17, 15) is 5.11 Å². The Kier molecular flexibility index (Phi) is 6.23. The van der Waals surface area contributed by atoms with Gasteiger partial charge < -0.3 is 15.2 Å². The summed E-state index contributed by atoms with van der Waals surface area (Å²) in [6.45, 7) is 1.97. The summed E-state index contributed by atoms with van der Waals surface area (Å²) in [5, 5.41) is 16.3. The molecule has 3 aromatic carbocycles. The van der Waals surface area contributed by atoms with Crippen LogP contribution in [0.5, 0.6) is 0 Å². The first kappa shape index (κ1) is 20.4. The van der Waals surface area contributed by atoms with Crippen LogP contribution in [0.15, 0.2) is 72.8 Å². The number of rotatable bonds is 5. The maximum atomic E-state index is 11.9. The lowest BCUT2D eigenvalue weighted by Gasteiger charge is -2.39. The molecule has 3 nitrogen and oxygen atoms in total. The monoisotopic (exact) mass is 427 g/mol. The minimum Gasteiger partial charge on any atom is -0.382 e. The number of ether oxygens (including phenoxy) is 1. The molecule has 1 aliphatic heterocycles. The van der Waals surface area contributed by atoms with Crippen LogP contribution in [-0.4, -0.2) is 30.9 Å². The van der Waals surface area contributed by atoms with E-state index in [1.807, 2.05) is 66.7 Å². The highest BCUT2D eigenvalue weighted by atomic mass is 35.5. The van der Waals surface area contributed by atoms with E-state index in [1.165, 1.54) is 0 Å². The number of hydrogen-bond acceptors (Lipinski definition) is 3. The molecule has 2 unspecified atom stereocenters. The van der Waals surface area contributed by atoms with Crippen LogP contribution in [-0.2, 0) is 16.8 Å². The fraction of sp³-hybridized carbons (Fsp3) is 0.250. The summed E-state index contributed by atoms with van der Waals surface area (Å²) < 4.78 is 6.00. The predicted molar refractivity (Wildman–Crippen MR) is 119 cm³/mol. The second-order valence-corrected chi connectivity index (χ2v) is 8.13. The van der Waals surface area contributed by atoms with E-state index >= 15 is 0 Å². The molecule has 1 heterocycles. The van der Waals surface area contributed by atoms with Gasteiger partial charge in [-0.25, -0.2) is 0 Å². The first-order valence-electron chi connectivity index (χ1n) is 9.71. The van der Waals surface area contributed by atoms with Crippen molar-refractivity contribution in [1.82, 2.24) is 5.32 Å². The van der Waals surface area contributed by atoms with E-state index in [0.717, 1.165) is 28.8 Å². The van der Waals surface area contributed by atoms with Crippen LogP contribution < -0.4 is 5.32 Å². The largest absolute Gasteiger partial charge is 0.382 e. The molecule has 29 heavy (non-hydrogen) atoms. The van der Waals surface area contributed by atoms with E-state index in [4.69, 9.17) is 27.9 Å². The molecule has 1 aliphatic rings. The van der Waals surface area contributed by atoms with Gasteiger partial charge in [0, 0.05) is 19.5 Å². The Morgan fingerprint density at radius 3 is 2.45 bits per heavy atom. The van der Waals surface area contributed by atoms with Crippen LogP contribution in [0.4, 0.5) is 0 Å². The fourth-order valence-electron chi connectivity index (χ4n) is 3.91. The minimum atomic E-state index is -1.17. The molecule has 0 aliphatic carbocycles. The quantitative estimate of drug-likeness (QED) is 0.596. The van der Waals surface area contributed by atoms with Gasteiger partial charge in [-0.1, -0.05) is 83.9 Å². The van der Waals surface area contributed by atoms with Gasteiger partial charge >= 0.3 is 0 Å². The average molecular weight is 428 g/mol. The first-order valence-corrected chi connectivity index (χ1v) is 10.5. The summed E-state index contributed by atoms with van der Waals surface area (Å²) in [6, 6.07) is 23.4. The zero-order chi connectivity index (χ0) is 20.3. The third-order valence-corrected chi connectivity index (χ3v) is 6.18. The van der Waals surface area contributed by atoms with Gasteiger partial charge in [0.15, 0.2) is 0 Å². The van der Waals surface area contributed by atoms with Crippen molar-refractivity contribution in [3.05, 3.63) is 94.0 Å². The maximum absolute atomic E-state index is 11.9. The van der Waals surface area contributed by atoms with Crippen LogP contribution in [0.1, 0.15) is 11.1 Å².